The molecule has 2 aliphatic rings. The first-order chi connectivity index (χ1) is 7.81. The zero-order chi connectivity index (χ0) is 11.1. The number of H-pyrrole nitrogens is 1. The Morgan fingerprint density at radius 1 is 1.50 bits per heavy atom. The van der Waals surface area contributed by atoms with E-state index in [1.807, 2.05) is 4.57 Å². The fraction of sp³-hybridized carbons (Fsp3) is 0.727. The Labute approximate surface area is 99.2 Å². The Balaban J connectivity index is 1.95. The van der Waals surface area contributed by atoms with Gasteiger partial charge >= 0.3 is 0 Å². The summed E-state index contributed by atoms with van der Waals surface area (Å²) >= 11 is 5.28. The number of hydrogen-bond donors (Lipinski definition) is 2. The van der Waals surface area contributed by atoms with Crippen LogP contribution in [0.25, 0.3) is 0 Å². The number of aliphatic hydroxyl groups excluding tert-OH is 1. The number of imidazole rings is 1. The number of aromatic amines is 1. The summed E-state index contributed by atoms with van der Waals surface area (Å²) in [7, 11) is 0. The van der Waals surface area contributed by atoms with Gasteiger partial charge in [0.25, 0.3) is 0 Å². The van der Waals surface area contributed by atoms with Gasteiger partial charge in [-0.15, -0.1) is 0 Å². The number of hydrogen-bond acceptors (Lipinski definition) is 3. The van der Waals surface area contributed by atoms with Gasteiger partial charge in [0.1, 0.15) is 0 Å². The zero-order valence-corrected chi connectivity index (χ0v) is 9.87. The Kier molecular flexibility index (Phi) is 2.61. The molecule has 1 aliphatic carbocycles. The van der Waals surface area contributed by atoms with Crippen LogP contribution < -0.4 is 0 Å². The van der Waals surface area contributed by atoms with E-state index in [4.69, 9.17) is 17.0 Å². The highest BCUT2D eigenvalue weighted by atomic mass is 32.1. The molecule has 0 aromatic carbocycles. The summed E-state index contributed by atoms with van der Waals surface area (Å²) in [6, 6.07) is 0.313. The van der Waals surface area contributed by atoms with Gasteiger partial charge in [-0.1, -0.05) is 0 Å². The van der Waals surface area contributed by atoms with Gasteiger partial charge in [-0.2, -0.15) is 0 Å². The molecule has 1 saturated carbocycles. The molecule has 16 heavy (non-hydrogen) atoms. The van der Waals surface area contributed by atoms with Crippen LogP contribution in [0, 0.1) is 10.7 Å². The van der Waals surface area contributed by atoms with Gasteiger partial charge in [-0.05, 0) is 37.4 Å². The number of nitrogens with one attached hydrogen (secondary N) is 1. The molecule has 4 nitrogen and oxygen atoms in total. The second-order valence-electron chi connectivity index (χ2n) is 4.64. The van der Waals surface area contributed by atoms with E-state index in [0.29, 0.717) is 22.8 Å². The third kappa shape index (κ3) is 1.63. The molecule has 5 heteroatoms. The van der Waals surface area contributed by atoms with Crippen molar-refractivity contribution in [2.75, 3.05) is 6.61 Å². The summed E-state index contributed by atoms with van der Waals surface area (Å²) in [6.45, 7) is 0.838. The summed E-state index contributed by atoms with van der Waals surface area (Å²) in [5, 5.41) is 9.30. The first-order valence-corrected chi connectivity index (χ1v) is 6.23. The van der Waals surface area contributed by atoms with Gasteiger partial charge < -0.3 is 19.4 Å². The van der Waals surface area contributed by atoms with Gasteiger partial charge in [0, 0.05) is 12.8 Å². The van der Waals surface area contributed by atoms with Crippen molar-refractivity contribution in [2.45, 2.75) is 38.0 Å². The van der Waals surface area contributed by atoms with Crippen LogP contribution in [0.4, 0.5) is 0 Å². The minimum absolute atomic E-state index is 0.0288. The third-order valence-corrected chi connectivity index (χ3v) is 3.89. The van der Waals surface area contributed by atoms with Crippen molar-refractivity contribution in [3.63, 3.8) is 0 Å². The van der Waals surface area contributed by atoms with Crippen LogP contribution in [0.15, 0.2) is 6.20 Å². The molecule has 2 atom stereocenters. The average Bonchev–Trinajstić information content (AvgIpc) is 2.90. The third-order valence-electron chi connectivity index (χ3n) is 3.57. The molecule has 2 N–H and O–H groups in total. The van der Waals surface area contributed by atoms with Crippen LogP contribution in [-0.4, -0.2) is 27.4 Å². The summed E-state index contributed by atoms with van der Waals surface area (Å²) in [4.78, 5) is 3.01. The summed E-state index contributed by atoms with van der Waals surface area (Å²) in [6.07, 6.45) is 5.64. The van der Waals surface area contributed by atoms with E-state index >= 15 is 0 Å². The van der Waals surface area contributed by atoms with Crippen molar-refractivity contribution in [1.29, 1.82) is 0 Å². The Morgan fingerprint density at radius 3 is 3.00 bits per heavy atom. The van der Waals surface area contributed by atoms with E-state index in [1.165, 1.54) is 12.8 Å². The van der Waals surface area contributed by atoms with Crippen molar-refractivity contribution in [1.82, 2.24) is 9.55 Å². The predicted octanol–water partition coefficient (Wildman–Crippen LogP) is 1.78. The van der Waals surface area contributed by atoms with Crippen LogP contribution in [-0.2, 0) is 11.3 Å². The SMILES string of the molecule is OCc1c[nH]c(=S)n1C1CCOC1C1CC1. The quantitative estimate of drug-likeness (QED) is 0.792. The second kappa shape index (κ2) is 3.98. The van der Waals surface area contributed by atoms with Crippen molar-refractivity contribution in [3.8, 4) is 0 Å². The molecule has 3 rings (SSSR count). The molecule has 1 aromatic heterocycles. The number of ether oxygens (including phenoxy) is 1. The van der Waals surface area contributed by atoms with Crippen LogP contribution in [0.1, 0.15) is 31.0 Å². The Bertz CT molecular complexity index is 435. The Morgan fingerprint density at radius 2 is 2.31 bits per heavy atom. The molecule has 1 aromatic rings. The molecule has 0 radical (unpaired) electrons. The number of aliphatic hydroxyl groups is 1. The maximum Gasteiger partial charge on any atom is 0.177 e. The molecule has 0 bridgehead atoms. The minimum Gasteiger partial charge on any atom is -0.390 e. The van der Waals surface area contributed by atoms with Crippen molar-refractivity contribution in [3.05, 3.63) is 16.7 Å². The predicted molar refractivity (Wildman–Crippen MR) is 61.7 cm³/mol. The summed E-state index contributed by atoms with van der Waals surface area (Å²) in [5.41, 5.74) is 0.867. The van der Waals surface area contributed by atoms with Gasteiger partial charge in [0.15, 0.2) is 4.77 Å². The van der Waals surface area contributed by atoms with E-state index in [-0.39, 0.29) is 6.61 Å². The average molecular weight is 240 g/mol. The lowest BCUT2D eigenvalue weighted by molar-refractivity contribution is 0.0735. The van der Waals surface area contributed by atoms with Crippen LogP contribution in [0.3, 0.4) is 0 Å². The zero-order valence-electron chi connectivity index (χ0n) is 9.06. The highest BCUT2D eigenvalue weighted by Crippen LogP contribution is 2.43. The number of nitrogens with zero attached hydrogens (tertiary/aromatic N) is 1. The molecule has 88 valence electrons. The first kappa shape index (κ1) is 10.5. The highest BCUT2D eigenvalue weighted by molar-refractivity contribution is 7.71. The normalized spacial score (nSPS) is 29.8. The van der Waals surface area contributed by atoms with E-state index in [2.05, 4.69) is 4.98 Å². The van der Waals surface area contributed by atoms with Gasteiger partial charge in [0.2, 0.25) is 0 Å². The van der Waals surface area contributed by atoms with Gasteiger partial charge in [-0.3, -0.25) is 0 Å². The minimum atomic E-state index is 0.0288. The molecule has 1 saturated heterocycles. The smallest absolute Gasteiger partial charge is 0.177 e. The molecule has 1 aliphatic heterocycles. The monoisotopic (exact) mass is 240 g/mol. The molecule has 0 amide bonds. The van der Waals surface area contributed by atoms with E-state index in [0.717, 1.165) is 18.7 Å². The standard InChI is InChI=1S/C11H16N2O2S/c14-6-8-5-12-11(16)13(8)9-3-4-15-10(9)7-1-2-7/h5,7,9-10,14H,1-4,6H2,(H,12,16). The molecule has 2 unspecified atom stereocenters. The van der Waals surface area contributed by atoms with Crippen LogP contribution in [0.5, 0.6) is 0 Å². The van der Waals surface area contributed by atoms with Crippen molar-refractivity contribution in [2.24, 2.45) is 5.92 Å². The maximum atomic E-state index is 9.30. The summed E-state index contributed by atoms with van der Waals surface area (Å²) < 4.78 is 8.55. The lowest BCUT2D eigenvalue weighted by atomic mass is 10.1. The van der Waals surface area contributed by atoms with Crippen molar-refractivity contribution < 1.29 is 9.84 Å². The molecule has 2 heterocycles. The fourth-order valence-corrected chi connectivity index (χ4v) is 2.96. The van der Waals surface area contributed by atoms with Crippen LogP contribution in [0.2, 0.25) is 0 Å². The first-order valence-electron chi connectivity index (χ1n) is 5.82. The molecule has 2 fully saturated rings. The molecular weight excluding hydrogens is 224 g/mol. The lowest BCUT2D eigenvalue weighted by Gasteiger charge is -2.21. The van der Waals surface area contributed by atoms with E-state index < -0.39 is 0 Å². The molecule has 0 spiro atoms. The van der Waals surface area contributed by atoms with Crippen LogP contribution >= 0.6 is 12.2 Å². The summed E-state index contributed by atoms with van der Waals surface area (Å²) in [5.74, 6) is 0.704. The lowest BCUT2D eigenvalue weighted by Crippen LogP contribution is -2.23. The number of rotatable bonds is 3. The maximum absolute atomic E-state index is 9.30. The molecular formula is C11H16N2O2S. The topological polar surface area (TPSA) is 50.2 Å². The number of aromatic nitrogens is 2. The van der Waals surface area contributed by atoms with E-state index in [1.54, 1.807) is 6.20 Å². The Hall–Kier alpha value is -0.650. The van der Waals surface area contributed by atoms with Gasteiger partial charge in [-0.25, -0.2) is 0 Å². The van der Waals surface area contributed by atoms with Gasteiger partial charge in [0.05, 0.1) is 24.4 Å². The second-order valence-corrected chi connectivity index (χ2v) is 5.03. The fourth-order valence-electron chi connectivity index (χ4n) is 2.65. The van der Waals surface area contributed by atoms with E-state index in [9.17, 15) is 5.11 Å². The largest absolute Gasteiger partial charge is 0.390 e. The highest BCUT2D eigenvalue weighted by Gasteiger charge is 2.42. The van der Waals surface area contributed by atoms with Crippen molar-refractivity contribution >= 4 is 12.2 Å².